The number of amides is 1. The Morgan fingerprint density at radius 1 is 1.25 bits per heavy atom. The normalized spacial score (nSPS) is 21.1. The van der Waals surface area contributed by atoms with Crippen LogP contribution in [0.1, 0.15) is 43.2 Å². The van der Waals surface area contributed by atoms with Crippen molar-refractivity contribution in [1.29, 1.82) is 0 Å². The van der Waals surface area contributed by atoms with Gasteiger partial charge in [0.1, 0.15) is 0 Å². The summed E-state index contributed by atoms with van der Waals surface area (Å²) in [5.74, 6) is 0.0552. The lowest BCUT2D eigenvalue weighted by molar-refractivity contribution is -0.137. The van der Waals surface area contributed by atoms with Crippen LogP contribution in [0.4, 0.5) is 13.2 Å². The van der Waals surface area contributed by atoms with Crippen LogP contribution in [0, 0.1) is 5.92 Å². The van der Waals surface area contributed by atoms with E-state index in [1.165, 1.54) is 12.1 Å². The van der Waals surface area contributed by atoms with Gasteiger partial charge in [-0.05, 0) is 50.4 Å². The van der Waals surface area contributed by atoms with Crippen molar-refractivity contribution in [2.75, 3.05) is 19.6 Å². The Balaban J connectivity index is 1.69. The fraction of sp³-hybridized carbons (Fsp3) is 0.611. The van der Waals surface area contributed by atoms with E-state index in [9.17, 15) is 18.0 Å². The molecule has 1 aliphatic carbocycles. The third-order valence-electron chi connectivity index (χ3n) is 5.42. The Labute approximate surface area is 140 Å². The SMILES string of the molecule is O=C(NCC1(c2cccc(C(F)(F)F)c2)CCC1)C1CCNCC1. The number of benzene rings is 1. The van der Waals surface area contributed by atoms with Gasteiger partial charge in [-0.25, -0.2) is 0 Å². The molecule has 1 aromatic rings. The van der Waals surface area contributed by atoms with Crippen molar-refractivity contribution in [3.63, 3.8) is 0 Å². The van der Waals surface area contributed by atoms with E-state index < -0.39 is 11.7 Å². The van der Waals surface area contributed by atoms with Crippen LogP contribution in [0.3, 0.4) is 0 Å². The number of rotatable bonds is 4. The second kappa shape index (κ2) is 6.75. The van der Waals surface area contributed by atoms with Gasteiger partial charge in [-0.1, -0.05) is 24.6 Å². The molecule has 1 saturated carbocycles. The van der Waals surface area contributed by atoms with E-state index in [-0.39, 0.29) is 17.2 Å². The number of carbonyl (C=O) groups excluding carboxylic acids is 1. The summed E-state index contributed by atoms with van der Waals surface area (Å²) < 4.78 is 38.9. The second-order valence-corrected chi connectivity index (χ2v) is 6.95. The van der Waals surface area contributed by atoms with E-state index >= 15 is 0 Å². The molecule has 2 aliphatic rings. The molecule has 24 heavy (non-hydrogen) atoms. The predicted octanol–water partition coefficient (Wildman–Crippen LogP) is 3.24. The molecule has 1 heterocycles. The highest BCUT2D eigenvalue weighted by molar-refractivity contribution is 5.78. The van der Waals surface area contributed by atoms with E-state index in [2.05, 4.69) is 10.6 Å². The highest BCUT2D eigenvalue weighted by Crippen LogP contribution is 2.44. The lowest BCUT2D eigenvalue weighted by Crippen LogP contribution is -2.48. The van der Waals surface area contributed by atoms with Gasteiger partial charge in [-0.2, -0.15) is 13.2 Å². The van der Waals surface area contributed by atoms with Crippen LogP contribution < -0.4 is 10.6 Å². The molecular formula is C18H23F3N2O. The summed E-state index contributed by atoms with van der Waals surface area (Å²) >= 11 is 0. The monoisotopic (exact) mass is 340 g/mol. The van der Waals surface area contributed by atoms with Crippen molar-refractivity contribution in [2.24, 2.45) is 5.92 Å². The van der Waals surface area contributed by atoms with Crippen LogP contribution in [-0.4, -0.2) is 25.5 Å². The maximum atomic E-state index is 13.0. The van der Waals surface area contributed by atoms with Crippen LogP contribution in [0.5, 0.6) is 0 Å². The number of alkyl halides is 3. The lowest BCUT2D eigenvalue weighted by Gasteiger charge is -2.43. The Kier molecular flexibility index (Phi) is 4.85. The van der Waals surface area contributed by atoms with E-state index in [0.29, 0.717) is 12.1 Å². The van der Waals surface area contributed by atoms with Crippen molar-refractivity contribution in [1.82, 2.24) is 10.6 Å². The molecule has 3 rings (SSSR count). The van der Waals surface area contributed by atoms with Gasteiger partial charge in [0.25, 0.3) is 0 Å². The fourth-order valence-corrected chi connectivity index (χ4v) is 3.68. The molecule has 6 heteroatoms. The van der Waals surface area contributed by atoms with Gasteiger partial charge in [-0.15, -0.1) is 0 Å². The van der Waals surface area contributed by atoms with Crippen LogP contribution in [0.25, 0.3) is 0 Å². The maximum Gasteiger partial charge on any atom is 0.416 e. The molecule has 0 bridgehead atoms. The van der Waals surface area contributed by atoms with E-state index in [4.69, 9.17) is 0 Å². The highest BCUT2D eigenvalue weighted by Gasteiger charge is 2.41. The average Bonchev–Trinajstić information content (AvgIpc) is 2.54. The zero-order chi connectivity index (χ0) is 17.2. The summed E-state index contributed by atoms with van der Waals surface area (Å²) in [6, 6.07) is 5.57. The minimum absolute atomic E-state index is 0.0184. The molecule has 0 radical (unpaired) electrons. The van der Waals surface area contributed by atoms with Gasteiger partial charge in [0, 0.05) is 17.9 Å². The number of hydrogen-bond donors (Lipinski definition) is 2. The van der Waals surface area contributed by atoms with Crippen molar-refractivity contribution >= 4 is 5.91 Å². The predicted molar refractivity (Wildman–Crippen MR) is 85.6 cm³/mol. The Morgan fingerprint density at radius 2 is 1.96 bits per heavy atom. The van der Waals surface area contributed by atoms with E-state index in [0.717, 1.165) is 51.3 Å². The minimum Gasteiger partial charge on any atom is -0.355 e. The molecule has 0 spiro atoms. The molecule has 2 fully saturated rings. The molecule has 0 atom stereocenters. The number of piperidine rings is 1. The molecule has 132 valence electrons. The third-order valence-corrected chi connectivity index (χ3v) is 5.42. The zero-order valence-corrected chi connectivity index (χ0v) is 13.6. The molecule has 3 nitrogen and oxygen atoms in total. The first-order valence-corrected chi connectivity index (χ1v) is 8.57. The molecule has 1 saturated heterocycles. The summed E-state index contributed by atoms with van der Waals surface area (Å²) in [5, 5.41) is 6.23. The minimum atomic E-state index is -4.33. The fourth-order valence-electron chi connectivity index (χ4n) is 3.68. The summed E-state index contributed by atoms with van der Waals surface area (Å²) in [7, 11) is 0. The Morgan fingerprint density at radius 3 is 2.54 bits per heavy atom. The molecule has 0 unspecified atom stereocenters. The van der Waals surface area contributed by atoms with E-state index in [1.54, 1.807) is 6.07 Å². The largest absolute Gasteiger partial charge is 0.416 e. The summed E-state index contributed by atoms with van der Waals surface area (Å²) in [6.45, 7) is 2.12. The molecule has 1 aromatic carbocycles. The first-order valence-electron chi connectivity index (χ1n) is 8.57. The lowest BCUT2D eigenvalue weighted by atomic mass is 9.64. The molecule has 0 aromatic heterocycles. The van der Waals surface area contributed by atoms with Gasteiger partial charge in [-0.3, -0.25) is 4.79 Å². The van der Waals surface area contributed by atoms with Gasteiger partial charge in [0.2, 0.25) is 5.91 Å². The van der Waals surface area contributed by atoms with Crippen molar-refractivity contribution in [3.8, 4) is 0 Å². The Hall–Kier alpha value is -1.56. The van der Waals surface area contributed by atoms with Gasteiger partial charge in [0.05, 0.1) is 5.56 Å². The van der Waals surface area contributed by atoms with Gasteiger partial charge in [0.15, 0.2) is 0 Å². The van der Waals surface area contributed by atoms with Gasteiger partial charge >= 0.3 is 6.18 Å². The van der Waals surface area contributed by atoms with Crippen molar-refractivity contribution in [2.45, 2.75) is 43.7 Å². The first-order chi connectivity index (χ1) is 11.4. The van der Waals surface area contributed by atoms with E-state index in [1.807, 2.05) is 0 Å². The standard InChI is InChI=1S/C18H23F3N2O/c19-18(20,21)15-4-1-3-14(11-15)17(7-2-8-17)12-23-16(24)13-5-9-22-10-6-13/h1,3-4,11,13,22H,2,5-10,12H2,(H,23,24). The van der Waals surface area contributed by atoms with Crippen LogP contribution in [0.2, 0.25) is 0 Å². The van der Waals surface area contributed by atoms with Gasteiger partial charge < -0.3 is 10.6 Å². The second-order valence-electron chi connectivity index (χ2n) is 6.95. The summed E-state index contributed by atoms with van der Waals surface area (Å²) in [6.07, 6.45) is -0.0643. The molecule has 1 amide bonds. The molecular weight excluding hydrogens is 317 g/mol. The number of carbonyl (C=O) groups is 1. The summed E-state index contributed by atoms with van der Waals surface area (Å²) in [5.41, 5.74) is -0.269. The first kappa shape index (κ1) is 17.3. The topological polar surface area (TPSA) is 41.1 Å². The zero-order valence-electron chi connectivity index (χ0n) is 13.6. The Bertz CT molecular complexity index is 590. The average molecular weight is 340 g/mol. The van der Waals surface area contributed by atoms with Crippen molar-refractivity contribution in [3.05, 3.63) is 35.4 Å². The number of hydrogen-bond acceptors (Lipinski definition) is 2. The van der Waals surface area contributed by atoms with Crippen LogP contribution in [0.15, 0.2) is 24.3 Å². The van der Waals surface area contributed by atoms with Crippen molar-refractivity contribution < 1.29 is 18.0 Å². The third kappa shape index (κ3) is 3.58. The molecule has 1 aliphatic heterocycles. The molecule has 2 N–H and O–H groups in total. The number of halogens is 3. The smallest absolute Gasteiger partial charge is 0.355 e. The number of nitrogens with one attached hydrogen (secondary N) is 2. The maximum absolute atomic E-state index is 13.0. The quantitative estimate of drug-likeness (QED) is 0.883. The van der Waals surface area contributed by atoms with Crippen LogP contribution in [-0.2, 0) is 16.4 Å². The van der Waals surface area contributed by atoms with Crippen LogP contribution >= 0.6 is 0 Å². The highest BCUT2D eigenvalue weighted by atomic mass is 19.4. The summed E-state index contributed by atoms with van der Waals surface area (Å²) in [4.78, 5) is 12.3.